The number of halogens is 1. The molecule has 0 fully saturated rings. The van der Waals surface area contributed by atoms with Crippen molar-refractivity contribution >= 4 is 29.0 Å². The number of nitrogens with zero attached hydrogens (tertiary/aromatic N) is 1. The van der Waals surface area contributed by atoms with Crippen molar-refractivity contribution in [2.24, 2.45) is 5.73 Å². The van der Waals surface area contributed by atoms with E-state index >= 15 is 0 Å². The van der Waals surface area contributed by atoms with Crippen molar-refractivity contribution in [3.05, 3.63) is 38.4 Å². The normalized spacial score (nSPS) is 11.8. The zero-order valence-electron chi connectivity index (χ0n) is 10.2. The number of rotatable bonds is 4. The third kappa shape index (κ3) is 3.49. The van der Waals surface area contributed by atoms with Crippen LogP contribution in [0.2, 0.25) is 5.02 Å². The SMILES string of the molecule is CC(=O)OC(N)c1cc(Cl)cc([N+](=O)[O-])c1C(C)=O. The van der Waals surface area contributed by atoms with Crippen LogP contribution in [0.5, 0.6) is 0 Å². The summed E-state index contributed by atoms with van der Waals surface area (Å²) in [4.78, 5) is 32.6. The van der Waals surface area contributed by atoms with Crippen molar-refractivity contribution in [1.29, 1.82) is 0 Å². The molecule has 2 N–H and O–H groups in total. The van der Waals surface area contributed by atoms with E-state index in [-0.39, 0.29) is 16.1 Å². The Kier molecular flexibility index (Phi) is 4.57. The van der Waals surface area contributed by atoms with Crippen LogP contribution in [0.15, 0.2) is 12.1 Å². The number of esters is 1. The van der Waals surface area contributed by atoms with E-state index in [0.717, 1.165) is 19.9 Å². The lowest BCUT2D eigenvalue weighted by atomic mass is 10.0. The van der Waals surface area contributed by atoms with Gasteiger partial charge in [0.15, 0.2) is 12.0 Å². The third-order valence-electron chi connectivity index (χ3n) is 2.26. The highest BCUT2D eigenvalue weighted by Crippen LogP contribution is 2.31. The molecule has 0 aliphatic rings. The maximum absolute atomic E-state index is 11.5. The zero-order valence-corrected chi connectivity index (χ0v) is 10.9. The number of ketones is 1. The van der Waals surface area contributed by atoms with Crippen molar-refractivity contribution in [3.63, 3.8) is 0 Å². The second-order valence-corrected chi connectivity index (χ2v) is 4.17. The van der Waals surface area contributed by atoms with E-state index in [0.29, 0.717) is 0 Å². The van der Waals surface area contributed by atoms with Gasteiger partial charge in [-0.25, -0.2) is 0 Å². The second-order valence-electron chi connectivity index (χ2n) is 3.73. The Morgan fingerprint density at radius 2 is 2.00 bits per heavy atom. The van der Waals surface area contributed by atoms with Gasteiger partial charge in [-0.1, -0.05) is 11.6 Å². The van der Waals surface area contributed by atoms with Gasteiger partial charge in [-0.15, -0.1) is 0 Å². The van der Waals surface area contributed by atoms with Crippen molar-refractivity contribution < 1.29 is 19.2 Å². The molecule has 1 rings (SSSR count). The molecule has 1 unspecified atom stereocenters. The van der Waals surface area contributed by atoms with Crippen LogP contribution < -0.4 is 5.73 Å². The van der Waals surface area contributed by atoms with Gasteiger partial charge < -0.3 is 4.74 Å². The van der Waals surface area contributed by atoms with Crippen molar-refractivity contribution in [2.45, 2.75) is 20.1 Å². The Bertz CT molecular complexity index is 558. The number of benzene rings is 1. The monoisotopic (exact) mass is 286 g/mol. The summed E-state index contributed by atoms with van der Waals surface area (Å²) in [7, 11) is 0. The Balaban J connectivity index is 3.48. The molecule has 0 aliphatic heterocycles. The number of ether oxygens (including phenoxy) is 1. The second kappa shape index (κ2) is 5.77. The van der Waals surface area contributed by atoms with E-state index in [1.807, 2.05) is 0 Å². The summed E-state index contributed by atoms with van der Waals surface area (Å²) in [5, 5.41) is 10.9. The summed E-state index contributed by atoms with van der Waals surface area (Å²) < 4.78 is 4.72. The molecule has 0 saturated heterocycles. The number of hydrogen-bond donors (Lipinski definition) is 1. The Morgan fingerprint density at radius 1 is 1.42 bits per heavy atom. The van der Waals surface area contributed by atoms with Crippen LogP contribution >= 0.6 is 11.6 Å². The highest BCUT2D eigenvalue weighted by Gasteiger charge is 2.26. The van der Waals surface area contributed by atoms with Gasteiger partial charge in [-0.2, -0.15) is 0 Å². The van der Waals surface area contributed by atoms with Gasteiger partial charge in [0.05, 0.1) is 4.92 Å². The van der Waals surface area contributed by atoms with Crippen LogP contribution in [0.3, 0.4) is 0 Å². The molecule has 0 heterocycles. The van der Waals surface area contributed by atoms with Crippen LogP contribution in [-0.4, -0.2) is 16.7 Å². The third-order valence-corrected chi connectivity index (χ3v) is 2.48. The van der Waals surface area contributed by atoms with Crippen molar-refractivity contribution in [3.8, 4) is 0 Å². The predicted octanol–water partition coefficient (Wildman–Crippen LogP) is 1.97. The summed E-state index contributed by atoms with van der Waals surface area (Å²) in [6.45, 7) is 2.28. The Labute approximate surface area is 113 Å². The fourth-order valence-corrected chi connectivity index (χ4v) is 1.83. The molecule has 8 heteroatoms. The first kappa shape index (κ1) is 15.1. The molecule has 0 aromatic heterocycles. The van der Waals surface area contributed by atoms with Crippen LogP contribution in [0.1, 0.15) is 36.0 Å². The maximum Gasteiger partial charge on any atom is 0.304 e. The summed E-state index contributed by atoms with van der Waals surface area (Å²) in [5.41, 5.74) is 4.90. The molecule has 0 bridgehead atoms. The van der Waals surface area contributed by atoms with Crippen LogP contribution in [0, 0.1) is 10.1 Å². The number of carbonyl (C=O) groups is 2. The summed E-state index contributed by atoms with van der Waals surface area (Å²) in [6, 6.07) is 2.31. The van der Waals surface area contributed by atoms with Crippen LogP contribution in [-0.2, 0) is 9.53 Å². The van der Waals surface area contributed by atoms with Crippen LogP contribution in [0.25, 0.3) is 0 Å². The molecule has 102 valence electrons. The maximum atomic E-state index is 11.5. The van der Waals surface area contributed by atoms with E-state index in [9.17, 15) is 19.7 Å². The fraction of sp³-hybridized carbons (Fsp3) is 0.273. The number of nitrogens with two attached hydrogens (primary N) is 1. The Morgan fingerprint density at radius 3 is 2.42 bits per heavy atom. The number of Topliss-reactive ketones (excluding diaryl/α,β-unsaturated/α-hetero) is 1. The molecule has 19 heavy (non-hydrogen) atoms. The summed E-state index contributed by atoms with van der Waals surface area (Å²) in [5.74, 6) is -1.24. The molecule has 1 aromatic carbocycles. The minimum Gasteiger partial charge on any atom is -0.443 e. The van der Waals surface area contributed by atoms with Gasteiger partial charge in [0.2, 0.25) is 0 Å². The van der Waals surface area contributed by atoms with E-state index in [4.69, 9.17) is 22.1 Å². The number of hydrogen-bond acceptors (Lipinski definition) is 6. The van der Waals surface area contributed by atoms with Crippen molar-refractivity contribution in [2.75, 3.05) is 0 Å². The van der Waals surface area contributed by atoms with E-state index in [1.165, 1.54) is 6.07 Å². The molecule has 0 saturated carbocycles. The van der Waals surface area contributed by atoms with Gasteiger partial charge in [-0.05, 0) is 13.0 Å². The number of carbonyl (C=O) groups excluding carboxylic acids is 2. The lowest BCUT2D eigenvalue weighted by Gasteiger charge is -2.15. The first-order valence-corrected chi connectivity index (χ1v) is 5.53. The van der Waals surface area contributed by atoms with E-state index in [2.05, 4.69) is 0 Å². The van der Waals surface area contributed by atoms with Crippen molar-refractivity contribution in [1.82, 2.24) is 0 Å². The van der Waals surface area contributed by atoms with E-state index < -0.39 is 28.6 Å². The van der Waals surface area contributed by atoms with Gasteiger partial charge in [0.25, 0.3) is 5.69 Å². The quantitative estimate of drug-likeness (QED) is 0.298. The molecule has 7 nitrogen and oxygen atoms in total. The minimum absolute atomic E-state index is 0.00176. The fourth-order valence-electron chi connectivity index (χ4n) is 1.61. The standard InChI is InChI=1S/C11H11ClN2O5/c1-5(15)10-8(11(13)19-6(2)16)3-7(12)4-9(10)14(17)18/h3-4,11H,13H2,1-2H3. The highest BCUT2D eigenvalue weighted by molar-refractivity contribution is 6.31. The van der Waals surface area contributed by atoms with Gasteiger partial charge in [-0.3, -0.25) is 25.4 Å². The highest BCUT2D eigenvalue weighted by atomic mass is 35.5. The average Bonchev–Trinajstić information content (AvgIpc) is 2.26. The van der Waals surface area contributed by atoms with Gasteiger partial charge in [0.1, 0.15) is 5.56 Å². The molecular formula is C11H11ClN2O5. The van der Waals surface area contributed by atoms with Crippen LogP contribution in [0.4, 0.5) is 5.69 Å². The average molecular weight is 287 g/mol. The Hall–Kier alpha value is -1.99. The lowest BCUT2D eigenvalue weighted by molar-refractivity contribution is -0.385. The molecular weight excluding hydrogens is 276 g/mol. The van der Waals surface area contributed by atoms with Gasteiger partial charge in [0, 0.05) is 23.6 Å². The number of nitro groups is 1. The first-order chi connectivity index (χ1) is 8.73. The molecule has 1 atom stereocenters. The minimum atomic E-state index is -1.30. The smallest absolute Gasteiger partial charge is 0.304 e. The molecule has 0 aliphatic carbocycles. The molecule has 0 amide bonds. The zero-order chi connectivity index (χ0) is 14.7. The topological polar surface area (TPSA) is 113 Å². The molecule has 0 radical (unpaired) electrons. The predicted molar refractivity (Wildman–Crippen MR) is 66.8 cm³/mol. The number of nitro benzene ring substituents is 1. The van der Waals surface area contributed by atoms with E-state index in [1.54, 1.807) is 0 Å². The van der Waals surface area contributed by atoms with Gasteiger partial charge >= 0.3 is 5.97 Å². The molecule has 0 spiro atoms. The largest absolute Gasteiger partial charge is 0.443 e. The summed E-state index contributed by atoms with van der Waals surface area (Å²) >= 11 is 5.74. The summed E-state index contributed by atoms with van der Waals surface area (Å²) in [6.07, 6.45) is -1.30. The lowest BCUT2D eigenvalue weighted by Crippen LogP contribution is -2.20. The molecule has 1 aromatic rings. The first-order valence-electron chi connectivity index (χ1n) is 5.15.